The summed E-state index contributed by atoms with van der Waals surface area (Å²) in [7, 11) is 0. The monoisotopic (exact) mass is 356 g/mol. The average molecular weight is 357 g/mol. The highest BCUT2D eigenvalue weighted by Gasteiger charge is 2.29. The summed E-state index contributed by atoms with van der Waals surface area (Å²) in [6, 6.07) is 4.99. The Morgan fingerprint density at radius 2 is 1.70 bits per heavy atom. The number of anilines is 1. The first-order valence-corrected chi connectivity index (χ1v) is 8.80. The minimum atomic E-state index is -0.0831. The van der Waals surface area contributed by atoms with Gasteiger partial charge in [-0.3, -0.25) is 9.59 Å². The van der Waals surface area contributed by atoms with Crippen LogP contribution in [0.25, 0.3) is 0 Å². The van der Waals surface area contributed by atoms with Gasteiger partial charge in [0, 0.05) is 23.4 Å². The molecule has 1 aliphatic rings. The Kier molecular flexibility index (Phi) is 6.72. The molecule has 0 unspecified atom stereocenters. The summed E-state index contributed by atoms with van der Waals surface area (Å²) >= 11 is 12.0. The van der Waals surface area contributed by atoms with E-state index in [2.05, 4.69) is 10.6 Å². The maximum absolute atomic E-state index is 12.4. The van der Waals surface area contributed by atoms with Crippen LogP contribution in [0.5, 0.6) is 0 Å². The molecule has 1 fully saturated rings. The van der Waals surface area contributed by atoms with E-state index in [1.807, 2.05) is 6.92 Å². The molecule has 1 aromatic carbocycles. The molecule has 0 heterocycles. The van der Waals surface area contributed by atoms with Crippen molar-refractivity contribution < 1.29 is 9.59 Å². The predicted octanol–water partition coefficient (Wildman–Crippen LogP) is 4.26. The maximum atomic E-state index is 12.4. The molecule has 0 bridgehead atoms. The number of hydrogen-bond acceptors (Lipinski definition) is 2. The van der Waals surface area contributed by atoms with E-state index in [1.54, 1.807) is 18.2 Å². The molecule has 1 aliphatic carbocycles. The van der Waals surface area contributed by atoms with Crippen molar-refractivity contribution in [3.63, 3.8) is 0 Å². The molecular weight excluding hydrogens is 335 g/mol. The van der Waals surface area contributed by atoms with Crippen molar-refractivity contribution in [2.24, 2.45) is 11.8 Å². The van der Waals surface area contributed by atoms with Crippen LogP contribution in [-0.4, -0.2) is 18.4 Å². The van der Waals surface area contributed by atoms with Crippen LogP contribution < -0.4 is 10.6 Å². The number of carbonyl (C=O) groups is 2. The molecule has 6 heteroatoms. The number of hydrogen-bond donors (Lipinski definition) is 2. The van der Waals surface area contributed by atoms with Crippen molar-refractivity contribution in [3.8, 4) is 0 Å². The second kappa shape index (κ2) is 8.55. The fourth-order valence-electron chi connectivity index (χ4n) is 2.84. The van der Waals surface area contributed by atoms with Gasteiger partial charge in [0.25, 0.3) is 0 Å². The lowest BCUT2D eigenvalue weighted by Crippen LogP contribution is -2.35. The van der Waals surface area contributed by atoms with Gasteiger partial charge in [-0.1, -0.05) is 30.1 Å². The molecule has 23 heavy (non-hydrogen) atoms. The molecule has 2 rings (SSSR count). The van der Waals surface area contributed by atoms with Gasteiger partial charge in [0.2, 0.25) is 11.8 Å². The highest BCUT2D eigenvalue weighted by molar-refractivity contribution is 6.35. The van der Waals surface area contributed by atoms with Crippen LogP contribution in [-0.2, 0) is 9.59 Å². The van der Waals surface area contributed by atoms with Crippen molar-refractivity contribution in [2.75, 3.05) is 11.9 Å². The second-order valence-corrected chi connectivity index (χ2v) is 6.80. The maximum Gasteiger partial charge on any atom is 0.227 e. The van der Waals surface area contributed by atoms with Gasteiger partial charge in [0.1, 0.15) is 0 Å². The van der Waals surface area contributed by atoms with Gasteiger partial charge in [-0.2, -0.15) is 0 Å². The van der Waals surface area contributed by atoms with Gasteiger partial charge in [0.05, 0.1) is 10.7 Å². The molecule has 2 N–H and O–H groups in total. The Labute approximate surface area is 146 Å². The number of halogens is 2. The summed E-state index contributed by atoms with van der Waals surface area (Å²) in [5.41, 5.74) is 0.534. The molecular formula is C17H22Cl2N2O2. The fourth-order valence-corrected chi connectivity index (χ4v) is 3.18. The Morgan fingerprint density at radius 1 is 1.09 bits per heavy atom. The van der Waals surface area contributed by atoms with E-state index in [0.29, 0.717) is 35.1 Å². The predicted molar refractivity (Wildman–Crippen MR) is 93.8 cm³/mol. The summed E-state index contributed by atoms with van der Waals surface area (Å²) in [6.07, 6.45) is 3.86. The molecule has 0 saturated heterocycles. The number of carbonyl (C=O) groups excluding carboxylic acids is 2. The van der Waals surface area contributed by atoms with Crippen LogP contribution in [0.3, 0.4) is 0 Å². The Balaban J connectivity index is 1.86. The quantitative estimate of drug-likeness (QED) is 0.827. The Morgan fingerprint density at radius 3 is 2.30 bits per heavy atom. The van der Waals surface area contributed by atoms with Crippen molar-refractivity contribution in [1.29, 1.82) is 0 Å². The van der Waals surface area contributed by atoms with E-state index in [1.165, 1.54) is 0 Å². The summed E-state index contributed by atoms with van der Waals surface area (Å²) in [5, 5.41) is 6.77. The third-order valence-corrected chi connectivity index (χ3v) is 4.77. The molecule has 126 valence electrons. The van der Waals surface area contributed by atoms with E-state index in [-0.39, 0.29) is 23.7 Å². The van der Waals surface area contributed by atoms with Crippen molar-refractivity contribution >= 4 is 40.7 Å². The third-order valence-electron chi connectivity index (χ3n) is 4.20. The van der Waals surface area contributed by atoms with Gasteiger partial charge in [-0.25, -0.2) is 0 Å². The molecule has 2 amide bonds. The summed E-state index contributed by atoms with van der Waals surface area (Å²) in [5.74, 6) is 0.00538. The smallest absolute Gasteiger partial charge is 0.227 e. The molecule has 0 aliphatic heterocycles. The van der Waals surface area contributed by atoms with E-state index in [9.17, 15) is 9.59 Å². The first-order chi connectivity index (χ1) is 11.0. The van der Waals surface area contributed by atoms with Gasteiger partial charge < -0.3 is 10.6 Å². The Hall–Kier alpha value is -1.26. The Bertz CT molecular complexity index is 570. The largest absolute Gasteiger partial charge is 0.356 e. The average Bonchev–Trinajstić information content (AvgIpc) is 2.56. The van der Waals surface area contributed by atoms with Crippen LogP contribution in [0.4, 0.5) is 5.69 Å². The van der Waals surface area contributed by atoms with E-state index < -0.39 is 0 Å². The fraction of sp³-hybridized carbons (Fsp3) is 0.529. The number of rotatable bonds is 5. The number of amides is 2. The van der Waals surface area contributed by atoms with E-state index in [0.717, 1.165) is 19.3 Å². The third kappa shape index (κ3) is 5.11. The lowest BCUT2D eigenvalue weighted by atomic mass is 9.81. The number of nitrogens with one attached hydrogen (secondary N) is 2. The highest BCUT2D eigenvalue weighted by Crippen LogP contribution is 2.31. The standard InChI is InChI=1S/C17H22Cl2N2O2/c1-2-9-20-16(22)11-3-5-12(6-4-11)17(23)21-15-10-13(18)7-8-14(15)19/h7-8,10-12H,2-6,9H2,1H3,(H,20,22)(H,21,23). The molecule has 0 atom stereocenters. The highest BCUT2D eigenvalue weighted by atomic mass is 35.5. The lowest BCUT2D eigenvalue weighted by Gasteiger charge is -2.27. The van der Waals surface area contributed by atoms with Crippen LogP contribution >= 0.6 is 23.2 Å². The molecule has 0 aromatic heterocycles. The first kappa shape index (κ1) is 18.1. The van der Waals surface area contributed by atoms with Crippen LogP contribution in [0.2, 0.25) is 10.0 Å². The van der Waals surface area contributed by atoms with Crippen molar-refractivity contribution in [3.05, 3.63) is 28.2 Å². The molecule has 1 aromatic rings. The zero-order valence-electron chi connectivity index (χ0n) is 13.2. The van der Waals surface area contributed by atoms with Crippen molar-refractivity contribution in [1.82, 2.24) is 5.32 Å². The minimum Gasteiger partial charge on any atom is -0.356 e. The number of benzene rings is 1. The van der Waals surface area contributed by atoms with Gasteiger partial charge in [-0.15, -0.1) is 0 Å². The molecule has 1 saturated carbocycles. The van der Waals surface area contributed by atoms with Crippen LogP contribution in [0.15, 0.2) is 18.2 Å². The zero-order chi connectivity index (χ0) is 16.8. The molecule has 0 spiro atoms. The van der Waals surface area contributed by atoms with E-state index >= 15 is 0 Å². The normalized spacial score (nSPS) is 20.8. The van der Waals surface area contributed by atoms with Gasteiger partial charge in [0.15, 0.2) is 0 Å². The molecule has 0 radical (unpaired) electrons. The summed E-state index contributed by atoms with van der Waals surface area (Å²) < 4.78 is 0. The zero-order valence-corrected chi connectivity index (χ0v) is 14.7. The lowest BCUT2D eigenvalue weighted by molar-refractivity contribution is -0.128. The van der Waals surface area contributed by atoms with Crippen molar-refractivity contribution in [2.45, 2.75) is 39.0 Å². The first-order valence-electron chi connectivity index (χ1n) is 8.05. The topological polar surface area (TPSA) is 58.2 Å². The summed E-state index contributed by atoms with van der Waals surface area (Å²) in [4.78, 5) is 24.3. The van der Waals surface area contributed by atoms with Gasteiger partial charge >= 0.3 is 0 Å². The summed E-state index contributed by atoms with van der Waals surface area (Å²) in [6.45, 7) is 2.75. The van der Waals surface area contributed by atoms with Crippen LogP contribution in [0, 0.1) is 11.8 Å². The SMILES string of the molecule is CCCNC(=O)C1CCC(C(=O)Nc2cc(Cl)ccc2Cl)CC1. The van der Waals surface area contributed by atoms with E-state index in [4.69, 9.17) is 23.2 Å². The van der Waals surface area contributed by atoms with Gasteiger partial charge in [-0.05, 0) is 50.3 Å². The van der Waals surface area contributed by atoms with Crippen LogP contribution in [0.1, 0.15) is 39.0 Å². The molecule has 4 nitrogen and oxygen atoms in total. The minimum absolute atomic E-state index is 0.0281. The second-order valence-electron chi connectivity index (χ2n) is 5.95.